The molecule has 4 nitrogen and oxygen atoms in total. The maximum absolute atomic E-state index is 10.6. The molecule has 0 amide bonds. The highest BCUT2D eigenvalue weighted by atomic mass is 32.1. The molecule has 0 aliphatic rings. The van der Waals surface area contributed by atoms with Gasteiger partial charge in [0.15, 0.2) is 5.69 Å². The summed E-state index contributed by atoms with van der Waals surface area (Å²) in [5, 5.41) is 18.0. The monoisotopic (exact) mass is 187 g/mol. The Labute approximate surface area is 73.5 Å². The number of carbonyl (C=O) groups is 1. The molecular formula is C7H9NO3S. The molecule has 0 aromatic carbocycles. The van der Waals surface area contributed by atoms with E-state index < -0.39 is 5.97 Å². The van der Waals surface area contributed by atoms with Gasteiger partial charge in [0.2, 0.25) is 0 Å². The molecule has 66 valence electrons. The Morgan fingerprint density at radius 3 is 2.83 bits per heavy atom. The summed E-state index contributed by atoms with van der Waals surface area (Å²) in [5.74, 6) is -1.03. The zero-order valence-electron chi connectivity index (χ0n) is 6.57. The molecule has 1 rings (SSSR count). The number of nitrogens with zero attached hydrogens (tertiary/aromatic N) is 1. The van der Waals surface area contributed by atoms with Crippen molar-refractivity contribution < 1.29 is 15.0 Å². The number of hydrogen-bond donors (Lipinski definition) is 2. The lowest BCUT2D eigenvalue weighted by Gasteiger charge is -1.92. The van der Waals surface area contributed by atoms with Crippen LogP contribution in [0.3, 0.4) is 0 Å². The van der Waals surface area contributed by atoms with Crippen LogP contribution in [-0.4, -0.2) is 27.8 Å². The SMILES string of the molecule is Cc1nc(C(=O)O)c(CCO)s1. The van der Waals surface area contributed by atoms with Crippen LogP contribution in [0.25, 0.3) is 0 Å². The molecule has 1 aromatic heterocycles. The highest BCUT2D eigenvalue weighted by molar-refractivity contribution is 7.11. The van der Waals surface area contributed by atoms with Crippen LogP contribution in [-0.2, 0) is 6.42 Å². The van der Waals surface area contributed by atoms with Crippen molar-refractivity contribution in [3.8, 4) is 0 Å². The second-order valence-electron chi connectivity index (χ2n) is 2.28. The van der Waals surface area contributed by atoms with Crippen molar-refractivity contribution in [3.63, 3.8) is 0 Å². The number of thiazole rings is 1. The summed E-state index contributed by atoms with van der Waals surface area (Å²) in [5.41, 5.74) is 0.0755. The number of aromatic nitrogens is 1. The molecule has 0 saturated carbocycles. The van der Waals surface area contributed by atoms with Gasteiger partial charge in [-0.15, -0.1) is 11.3 Å². The topological polar surface area (TPSA) is 70.4 Å². The Morgan fingerprint density at radius 1 is 1.67 bits per heavy atom. The van der Waals surface area contributed by atoms with Crippen molar-refractivity contribution in [3.05, 3.63) is 15.6 Å². The average molecular weight is 187 g/mol. The quantitative estimate of drug-likeness (QED) is 0.730. The third-order valence-corrected chi connectivity index (χ3v) is 2.38. The fourth-order valence-corrected chi connectivity index (χ4v) is 1.82. The Balaban J connectivity index is 2.99. The van der Waals surface area contributed by atoms with Gasteiger partial charge in [-0.2, -0.15) is 0 Å². The van der Waals surface area contributed by atoms with E-state index in [1.165, 1.54) is 11.3 Å². The van der Waals surface area contributed by atoms with Crippen molar-refractivity contribution >= 4 is 17.3 Å². The first kappa shape index (κ1) is 9.15. The van der Waals surface area contributed by atoms with Gasteiger partial charge < -0.3 is 10.2 Å². The number of aryl methyl sites for hydroxylation is 1. The summed E-state index contributed by atoms with van der Waals surface area (Å²) in [7, 11) is 0. The van der Waals surface area contributed by atoms with Crippen molar-refractivity contribution in [2.75, 3.05) is 6.61 Å². The minimum absolute atomic E-state index is 0.0398. The first-order valence-corrected chi connectivity index (χ1v) is 4.27. The highest BCUT2D eigenvalue weighted by Crippen LogP contribution is 2.18. The van der Waals surface area contributed by atoms with Crippen LogP contribution in [0.1, 0.15) is 20.4 Å². The summed E-state index contributed by atoms with van der Waals surface area (Å²) in [6, 6.07) is 0. The molecule has 0 unspecified atom stereocenters. The van der Waals surface area contributed by atoms with Crippen LogP contribution in [0.2, 0.25) is 0 Å². The summed E-state index contributed by atoms with van der Waals surface area (Å²) in [6.45, 7) is 1.71. The Bertz CT molecular complexity index is 295. The predicted octanol–water partition coefficient (Wildman–Crippen LogP) is 0.685. The number of aliphatic hydroxyl groups excluding tert-OH is 1. The number of carboxylic acids is 1. The lowest BCUT2D eigenvalue weighted by molar-refractivity contribution is 0.0690. The van der Waals surface area contributed by atoms with Crippen molar-refractivity contribution in [1.82, 2.24) is 4.98 Å². The molecule has 12 heavy (non-hydrogen) atoms. The van der Waals surface area contributed by atoms with E-state index >= 15 is 0 Å². The fourth-order valence-electron chi connectivity index (χ4n) is 0.907. The average Bonchev–Trinajstić information content (AvgIpc) is 2.32. The second-order valence-corrected chi connectivity index (χ2v) is 3.57. The van der Waals surface area contributed by atoms with E-state index in [-0.39, 0.29) is 12.3 Å². The molecule has 1 heterocycles. The summed E-state index contributed by atoms with van der Waals surface area (Å²) in [4.78, 5) is 15.1. The molecule has 0 aliphatic heterocycles. The number of carboxylic acid groups (broad SMARTS) is 1. The van der Waals surface area contributed by atoms with Crippen molar-refractivity contribution in [1.29, 1.82) is 0 Å². The summed E-state index contributed by atoms with van der Waals surface area (Å²) in [6.07, 6.45) is 0.368. The lowest BCUT2D eigenvalue weighted by Crippen LogP contribution is -2.02. The molecule has 0 spiro atoms. The minimum Gasteiger partial charge on any atom is -0.476 e. The van der Waals surface area contributed by atoms with Crippen LogP contribution in [0.15, 0.2) is 0 Å². The molecule has 5 heteroatoms. The molecule has 0 atom stereocenters. The molecule has 0 radical (unpaired) electrons. The van der Waals surface area contributed by atoms with Gasteiger partial charge >= 0.3 is 5.97 Å². The molecule has 0 aliphatic carbocycles. The summed E-state index contributed by atoms with van der Waals surface area (Å²) < 4.78 is 0. The van der Waals surface area contributed by atoms with Crippen molar-refractivity contribution in [2.24, 2.45) is 0 Å². The Hall–Kier alpha value is -0.940. The maximum atomic E-state index is 10.6. The normalized spacial score (nSPS) is 10.2. The largest absolute Gasteiger partial charge is 0.476 e. The van der Waals surface area contributed by atoms with Crippen LogP contribution >= 0.6 is 11.3 Å². The van der Waals surface area contributed by atoms with E-state index in [9.17, 15) is 4.79 Å². The van der Waals surface area contributed by atoms with Crippen LogP contribution in [0, 0.1) is 6.92 Å². The van der Waals surface area contributed by atoms with E-state index in [2.05, 4.69) is 4.98 Å². The molecule has 1 aromatic rings. The molecular weight excluding hydrogens is 178 g/mol. The molecule has 0 fully saturated rings. The molecule has 2 N–H and O–H groups in total. The second kappa shape index (κ2) is 3.64. The van der Waals surface area contributed by atoms with E-state index in [4.69, 9.17) is 10.2 Å². The first-order valence-electron chi connectivity index (χ1n) is 3.45. The maximum Gasteiger partial charge on any atom is 0.355 e. The third-order valence-electron chi connectivity index (χ3n) is 1.35. The standard InChI is InChI=1S/C7H9NO3S/c1-4-8-6(7(10)11)5(12-4)2-3-9/h9H,2-3H2,1H3,(H,10,11). The zero-order valence-corrected chi connectivity index (χ0v) is 7.39. The van der Waals surface area contributed by atoms with Crippen LogP contribution < -0.4 is 0 Å². The van der Waals surface area contributed by atoms with Gasteiger partial charge in [-0.1, -0.05) is 0 Å². The van der Waals surface area contributed by atoms with Gasteiger partial charge in [-0.25, -0.2) is 9.78 Å². The molecule has 0 bridgehead atoms. The fraction of sp³-hybridized carbons (Fsp3) is 0.429. The Kier molecular flexibility index (Phi) is 2.78. The third kappa shape index (κ3) is 1.80. The lowest BCUT2D eigenvalue weighted by atomic mass is 10.3. The van der Waals surface area contributed by atoms with E-state index in [1.54, 1.807) is 6.92 Å². The summed E-state index contributed by atoms with van der Waals surface area (Å²) >= 11 is 1.32. The van der Waals surface area contributed by atoms with Gasteiger partial charge in [0.25, 0.3) is 0 Å². The number of aromatic carboxylic acids is 1. The van der Waals surface area contributed by atoms with Crippen LogP contribution in [0.4, 0.5) is 0 Å². The van der Waals surface area contributed by atoms with E-state index in [0.29, 0.717) is 11.3 Å². The Morgan fingerprint density at radius 2 is 2.33 bits per heavy atom. The van der Waals surface area contributed by atoms with Crippen LogP contribution in [0.5, 0.6) is 0 Å². The van der Waals surface area contributed by atoms with Gasteiger partial charge in [0.1, 0.15) is 0 Å². The van der Waals surface area contributed by atoms with Crippen molar-refractivity contribution in [2.45, 2.75) is 13.3 Å². The number of aliphatic hydroxyl groups is 1. The number of rotatable bonds is 3. The first-order chi connectivity index (χ1) is 5.65. The van der Waals surface area contributed by atoms with Gasteiger partial charge in [-0.3, -0.25) is 0 Å². The van der Waals surface area contributed by atoms with E-state index in [0.717, 1.165) is 5.01 Å². The van der Waals surface area contributed by atoms with Gasteiger partial charge in [0.05, 0.1) is 5.01 Å². The minimum atomic E-state index is -1.03. The van der Waals surface area contributed by atoms with E-state index in [1.807, 2.05) is 0 Å². The van der Waals surface area contributed by atoms with Gasteiger partial charge in [-0.05, 0) is 6.92 Å². The number of hydrogen-bond acceptors (Lipinski definition) is 4. The smallest absolute Gasteiger partial charge is 0.355 e. The predicted molar refractivity (Wildman–Crippen MR) is 44.6 cm³/mol. The van der Waals surface area contributed by atoms with Gasteiger partial charge in [0, 0.05) is 17.9 Å². The zero-order chi connectivity index (χ0) is 9.14. The highest BCUT2D eigenvalue weighted by Gasteiger charge is 2.14. The molecule has 0 saturated heterocycles.